The first-order valence-corrected chi connectivity index (χ1v) is 43.2. The van der Waals surface area contributed by atoms with E-state index in [0.29, 0.717) is 31.6 Å². The molecular weight excluding hydrogens is 1270 g/mol. The second-order valence-corrected chi connectivity index (χ2v) is 32.7. The van der Waals surface area contributed by atoms with Gasteiger partial charge in [0.15, 0.2) is 12.2 Å². The summed E-state index contributed by atoms with van der Waals surface area (Å²) in [5, 5.41) is 10.6. The number of hydrogen-bond acceptors (Lipinski definition) is 15. The monoisotopic (exact) mass is 1420 g/mol. The zero-order valence-corrected chi connectivity index (χ0v) is 65.5. The Hall–Kier alpha value is -1.94. The van der Waals surface area contributed by atoms with Crippen molar-refractivity contribution in [1.29, 1.82) is 0 Å². The Morgan fingerprint density at radius 1 is 0.289 bits per heavy atom. The molecule has 17 nitrogen and oxygen atoms in total. The van der Waals surface area contributed by atoms with Gasteiger partial charge in [-0.1, -0.05) is 344 Å². The van der Waals surface area contributed by atoms with Crippen LogP contribution in [0.5, 0.6) is 0 Å². The summed E-state index contributed by atoms with van der Waals surface area (Å²) in [4.78, 5) is 72.9. The molecule has 0 saturated carbocycles. The van der Waals surface area contributed by atoms with E-state index in [1.807, 2.05) is 0 Å². The van der Waals surface area contributed by atoms with Gasteiger partial charge in [-0.25, -0.2) is 9.13 Å². The number of esters is 4. The summed E-state index contributed by atoms with van der Waals surface area (Å²) in [7, 11) is -9.92. The first-order valence-electron chi connectivity index (χ1n) is 40.2. The molecule has 4 unspecified atom stereocenters. The lowest BCUT2D eigenvalue weighted by molar-refractivity contribution is -0.161. The van der Waals surface area contributed by atoms with Crippen LogP contribution in [-0.2, 0) is 65.4 Å². The molecule has 0 fully saturated rings. The highest BCUT2D eigenvalue weighted by molar-refractivity contribution is 7.47. The molecule has 0 saturated heterocycles. The summed E-state index contributed by atoms with van der Waals surface area (Å²) in [6.07, 6.45) is 52.9. The van der Waals surface area contributed by atoms with E-state index in [4.69, 9.17) is 37.0 Å². The number of ether oxygens (including phenoxy) is 4. The summed E-state index contributed by atoms with van der Waals surface area (Å²) in [6, 6.07) is 0. The van der Waals surface area contributed by atoms with Crippen molar-refractivity contribution in [3.05, 3.63) is 0 Å². The van der Waals surface area contributed by atoms with Crippen LogP contribution in [0.4, 0.5) is 0 Å². The van der Waals surface area contributed by atoms with Crippen molar-refractivity contribution in [1.82, 2.24) is 0 Å². The molecule has 0 rings (SSSR count). The van der Waals surface area contributed by atoms with E-state index in [1.165, 1.54) is 193 Å². The maximum absolute atomic E-state index is 13.1. The van der Waals surface area contributed by atoms with Crippen molar-refractivity contribution in [2.45, 2.75) is 414 Å². The number of carbonyl (C=O) groups is 4. The number of aliphatic hydroxyl groups excluding tert-OH is 1. The van der Waals surface area contributed by atoms with E-state index in [0.717, 1.165) is 114 Å². The summed E-state index contributed by atoms with van der Waals surface area (Å²) < 4.78 is 68.6. The molecule has 6 atom stereocenters. The average molecular weight is 1420 g/mol. The van der Waals surface area contributed by atoms with E-state index in [2.05, 4.69) is 55.4 Å². The van der Waals surface area contributed by atoms with Crippen LogP contribution in [0.3, 0.4) is 0 Å². The Balaban J connectivity index is 5.19. The Bertz CT molecular complexity index is 1900. The minimum absolute atomic E-state index is 0.105. The second-order valence-electron chi connectivity index (χ2n) is 29.8. The molecule has 0 radical (unpaired) electrons. The molecule has 0 aliphatic heterocycles. The van der Waals surface area contributed by atoms with Gasteiger partial charge in [0.05, 0.1) is 26.4 Å². The van der Waals surface area contributed by atoms with Gasteiger partial charge in [0, 0.05) is 25.7 Å². The lowest BCUT2D eigenvalue weighted by Gasteiger charge is -2.21. The summed E-state index contributed by atoms with van der Waals surface area (Å²) in [5.41, 5.74) is 0. The standard InChI is InChI=1S/C78H152O17P2/c1-9-71(8)57-49-41-33-27-28-36-45-53-61-78(83)95-73(64-88-75(80)58-50-42-34-25-22-18-20-24-31-39-47-55-69(4)5)66-92-96(84,85)90-62-72(79)63-91-97(86,87)93-67-74(65-89-76(81)59-51-43-37-29-32-40-48-56-70(6)7)94-77(82)60-52-44-35-26-21-17-15-13-11-10-12-14-16-19-23-30-38-46-54-68(2)3/h68-74,79H,9-67H2,1-8H3,(H,84,85)(H,86,87)/t71?,72?,73-,74-/m1/s1. The highest BCUT2D eigenvalue weighted by Crippen LogP contribution is 2.45. The van der Waals surface area contributed by atoms with Crippen LogP contribution < -0.4 is 0 Å². The van der Waals surface area contributed by atoms with Crippen LogP contribution in [0.2, 0.25) is 0 Å². The molecule has 576 valence electrons. The molecular formula is C78H152O17P2. The van der Waals surface area contributed by atoms with Gasteiger partial charge in [0.25, 0.3) is 0 Å². The topological polar surface area (TPSA) is 237 Å². The number of rotatable bonds is 75. The fraction of sp³-hybridized carbons (Fsp3) is 0.949. The van der Waals surface area contributed by atoms with Gasteiger partial charge in [-0.05, 0) is 49.4 Å². The molecule has 0 aromatic rings. The molecule has 0 aliphatic carbocycles. The van der Waals surface area contributed by atoms with E-state index in [1.54, 1.807) is 0 Å². The van der Waals surface area contributed by atoms with E-state index in [9.17, 15) is 43.2 Å². The van der Waals surface area contributed by atoms with Gasteiger partial charge in [0.1, 0.15) is 19.3 Å². The molecule has 3 N–H and O–H groups in total. The fourth-order valence-electron chi connectivity index (χ4n) is 11.9. The number of aliphatic hydroxyl groups is 1. The number of hydrogen-bond donors (Lipinski definition) is 3. The summed E-state index contributed by atoms with van der Waals surface area (Å²) in [6.45, 7) is 14.2. The van der Waals surface area contributed by atoms with Crippen molar-refractivity contribution < 1.29 is 80.2 Å². The van der Waals surface area contributed by atoms with Gasteiger partial charge in [-0.3, -0.25) is 37.3 Å². The van der Waals surface area contributed by atoms with Gasteiger partial charge in [-0.15, -0.1) is 0 Å². The predicted octanol–water partition coefficient (Wildman–Crippen LogP) is 22.8. The van der Waals surface area contributed by atoms with E-state index >= 15 is 0 Å². The quantitative estimate of drug-likeness (QED) is 0.0222. The maximum Gasteiger partial charge on any atom is 0.472 e. The molecule has 0 aliphatic rings. The van der Waals surface area contributed by atoms with Crippen LogP contribution in [0.15, 0.2) is 0 Å². The van der Waals surface area contributed by atoms with Gasteiger partial charge >= 0.3 is 39.5 Å². The van der Waals surface area contributed by atoms with Crippen molar-refractivity contribution in [2.75, 3.05) is 39.6 Å². The Kier molecular flexibility index (Phi) is 65.9. The van der Waals surface area contributed by atoms with Crippen molar-refractivity contribution in [3.8, 4) is 0 Å². The highest BCUT2D eigenvalue weighted by Gasteiger charge is 2.30. The first kappa shape index (κ1) is 95.1. The molecule has 0 spiro atoms. The Morgan fingerprint density at radius 3 is 0.732 bits per heavy atom. The second kappa shape index (κ2) is 67.2. The zero-order valence-electron chi connectivity index (χ0n) is 63.7. The van der Waals surface area contributed by atoms with Crippen LogP contribution in [0, 0.1) is 23.7 Å². The fourth-order valence-corrected chi connectivity index (χ4v) is 13.5. The first-order chi connectivity index (χ1) is 46.6. The van der Waals surface area contributed by atoms with Crippen LogP contribution in [-0.4, -0.2) is 96.7 Å². The minimum atomic E-state index is -4.96. The molecule has 19 heteroatoms. The van der Waals surface area contributed by atoms with E-state index in [-0.39, 0.29) is 25.7 Å². The third-order valence-corrected chi connectivity index (χ3v) is 20.3. The number of phosphoric acid groups is 2. The van der Waals surface area contributed by atoms with Crippen LogP contribution in [0.1, 0.15) is 396 Å². The third kappa shape index (κ3) is 70.9. The number of carbonyl (C=O) groups excluding carboxylic acids is 4. The van der Waals surface area contributed by atoms with E-state index < -0.39 is 97.5 Å². The maximum atomic E-state index is 13.1. The zero-order chi connectivity index (χ0) is 71.7. The largest absolute Gasteiger partial charge is 0.472 e. The Morgan fingerprint density at radius 2 is 0.495 bits per heavy atom. The molecule has 0 aromatic carbocycles. The van der Waals surface area contributed by atoms with Crippen LogP contribution in [0.25, 0.3) is 0 Å². The smallest absolute Gasteiger partial charge is 0.462 e. The van der Waals surface area contributed by atoms with Gasteiger partial charge < -0.3 is 33.8 Å². The Labute approximate surface area is 594 Å². The van der Waals surface area contributed by atoms with Crippen molar-refractivity contribution >= 4 is 39.5 Å². The molecule has 0 amide bonds. The minimum Gasteiger partial charge on any atom is -0.462 e. The lowest BCUT2D eigenvalue weighted by atomic mass is 9.99. The molecule has 97 heavy (non-hydrogen) atoms. The molecule has 0 heterocycles. The third-order valence-electron chi connectivity index (χ3n) is 18.4. The summed E-state index contributed by atoms with van der Waals surface area (Å²) in [5.74, 6) is 0.945. The molecule has 0 aromatic heterocycles. The van der Waals surface area contributed by atoms with Crippen molar-refractivity contribution in [2.24, 2.45) is 23.7 Å². The predicted molar refractivity (Wildman–Crippen MR) is 395 cm³/mol. The van der Waals surface area contributed by atoms with Gasteiger partial charge in [0.2, 0.25) is 0 Å². The van der Waals surface area contributed by atoms with Crippen LogP contribution >= 0.6 is 15.6 Å². The summed E-state index contributed by atoms with van der Waals surface area (Å²) >= 11 is 0. The SMILES string of the molecule is CCC(C)CCCCCCCCCCC(=O)O[C@H](COC(=O)CCCCCCCCCCCCCC(C)C)COP(=O)(O)OCC(O)COP(=O)(O)OC[C@@H](COC(=O)CCCCCCCCCC(C)C)OC(=O)CCCCCCCCCCCCCCCCCCCCC(C)C. The average Bonchev–Trinajstić information content (AvgIpc) is 3.53. The molecule has 0 bridgehead atoms. The van der Waals surface area contributed by atoms with Gasteiger partial charge in [-0.2, -0.15) is 0 Å². The lowest BCUT2D eigenvalue weighted by Crippen LogP contribution is -2.30. The number of unbranched alkanes of at least 4 members (excludes halogenated alkanes) is 40. The van der Waals surface area contributed by atoms with Crippen molar-refractivity contribution in [3.63, 3.8) is 0 Å². The normalized spacial score (nSPS) is 14.4. The number of phosphoric ester groups is 2. The highest BCUT2D eigenvalue weighted by atomic mass is 31.2.